The molecule has 5 heteroatoms. The molecular formula is C16H16N2O3. The molecule has 0 radical (unpaired) electrons. The van der Waals surface area contributed by atoms with Crippen molar-refractivity contribution in [2.24, 2.45) is 5.10 Å². The van der Waals surface area contributed by atoms with Crippen LogP contribution < -0.4 is 5.43 Å². The minimum absolute atomic E-state index is 0.213. The van der Waals surface area contributed by atoms with Gasteiger partial charge in [0, 0.05) is 12.0 Å². The zero-order valence-electron chi connectivity index (χ0n) is 11.4. The van der Waals surface area contributed by atoms with Gasteiger partial charge in [0.2, 0.25) is 5.91 Å². The molecule has 2 aromatic carbocycles. The largest absolute Gasteiger partial charge is 0.504 e. The first-order valence-electron chi connectivity index (χ1n) is 6.53. The summed E-state index contributed by atoms with van der Waals surface area (Å²) in [6.07, 6.45) is 2.25. The third-order valence-electron chi connectivity index (χ3n) is 2.92. The van der Waals surface area contributed by atoms with Gasteiger partial charge in [-0.05, 0) is 24.1 Å². The lowest BCUT2D eigenvalue weighted by atomic mass is 10.1. The van der Waals surface area contributed by atoms with Gasteiger partial charge < -0.3 is 10.2 Å². The fourth-order valence-corrected chi connectivity index (χ4v) is 1.79. The van der Waals surface area contributed by atoms with Crippen molar-refractivity contribution in [2.45, 2.75) is 12.8 Å². The Morgan fingerprint density at radius 2 is 1.86 bits per heavy atom. The van der Waals surface area contributed by atoms with Crippen molar-refractivity contribution in [3.8, 4) is 11.5 Å². The number of phenols is 2. The highest BCUT2D eigenvalue weighted by Gasteiger charge is 2.03. The van der Waals surface area contributed by atoms with E-state index in [0.717, 1.165) is 5.56 Å². The molecule has 0 aromatic heterocycles. The Labute approximate surface area is 122 Å². The van der Waals surface area contributed by atoms with E-state index in [0.29, 0.717) is 18.4 Å². The number of amides is 1. The van der Waals surface area contributed by atoms with Gasteiger partial charge in [-0.25, -0.2) is 5.43 Å². The summed E-state index contributed by atoms with van der Waals surface area (Å²) in [5, 5.41) is 22.6. The predicted molar refractivity (Wildman–Crippen MR) is 80.3 cm³/mol. The molecule has 1 amide bonds. The average Bonchev–Trinajstić information content (AvgIpc) is 2.50. The van der Waals surface area contributed by atoms with Gasteiger partial charge in [0.15, 0.2) is 11.5 Å². The van der Waals surface area contributed by atoms with Crippen LogP contribution in [-0.4, -0.2) is 22.3 Å². The second-order valence-electron chi connectivity index (χ2n) is 4.49. The summed E-state index contributed by atoms with van der Waals surface area (Å²) in [7, 11) is 0. The lowest BCUT2D eigenvalue weighted by Gasteiger charge is -2.02. The van der Waals surface area contributed by atoms with Gasteiger partial charge >= 0.3 is 0 Å². The number of benzene rings is 2. The predicted octanol–water partition coefficient (Wildman–Crippen LogP) is 2.18. The fraction of sp³-hybridized carbons (Fsp3) is 0.125. The van der Waals surface area contributed by atoms with Gasteiger partial charge in [-0.15, -0.1) is 0 Å². The zero-order valence-corrected chi connectivity index (χ0v) is 11.4. The molecule has 0 aliphatic rings. The number of nitrogens with zero attached hydrogens (tertiary/aromatic N) is 1. The third-order valence-corrected chi connectivity index (χ3v) is 2.92. The Morgan fingerprint density at radius 1 is 1.10 bits per heavy atom. The number of carbonyl (C=O) groups is 1. The van der Waals surface area contributed by atoms with Crippen LogP contribution in [0.5, 0.6) is 11.5 Å². The second kappa shape index (κ2) is 7.09. The number of para-hydroxylation sites is 1. The highest BCUT2D eigenvalue weighted by Crippen LogP contribution is 2.26. The summed E-state index contributed by atoms with van der Waals surface area (Å²) in [6.45, 7) is 0. The van der Waals surface area contributed by atoms with E-state index in [4.69, 9.17) is 0 Å². The first-order valence-corrected chi connectivity index (χ1v) is 6.53. The van der Waals surface area contributed by atoms with Crippen molar-refractivity contribution in [2.75, 3.05) is 0 Å². The number of hydrazone groups is 1. The van der Waals surface area contributed by atoms with E-state index in [1.807, 2.05) is 30.3 Å². The van der Waals surface area contributed by atoms with Gasteiger partial charge in [0.05, 0.1) is 6.21 Å². The third kappa shape index (κ3) is 4.35. The van der Waals surface area contributed by atoms with Crippen molar-refractivity contribution < 1.29 is 15.0 Å². The lowest BCUT2D eigenvalue weighted by molar-refractivity contribution is -0.121. The van der Waals surface area contributed by atoms with E-state index in [1.54, 1.807) is 12.1 Å². The summed E-state index contributed by atoms with van der Waals surface area (Å²) in [4.78, 5) is 11.6. The van der Waals surface area contributed by atoms with Gasteiger partial charge in [-0.2, -0.15) is 5.10 Å². The van der Waals surface area contributed by atoms with E-state index in [2.05, 4.69) is 10.5 Å². The van der Waals surface area contributed by atoms with Crippen LogP contribution in [0.15, 0.2) is 53.6 Å². The summed E-state index contributed by atoms with van der Waals surface area (Å²) in [5.41, 5.74) is 3.80. The SMILES string of the molecule is O=C(CCc1ccccc1)N/N=C/c1cccc(O)c1O. The molecule has 0 saturated carbocycles. The van der Waals surface area contributed by atoms with Crippen molar-refractivity contribution in [1.29, 1.82) is 0 Å². The highest BCUT2D eigenvalue weighted by molar-refractivity contribution is 5.86. The van der Waals surface area contributed by atoms with E-state index in [-0.39, 0.29) is 17.4 Å². The molecule has 0 unspecified atom stereocenters. The Balaban J connectivity index is 1.83. The van der Waals surface area contributed by atoms with Crippen LogP contribution in [0.25, 0.3) is 0 Å². The van der Waals surface area contributed by atoms with Crippen LogP contribution in [0.3, 0.4) is 0 Å². The highest BCUT2D eigenvalue weighted by atomic mass is 16.3. The number of hydrogen-bond acceptors (Lipinski definition) is 4. The molecule has 0 bridgehead atoms. The van der Waals surface area contributed by atoms with Crippen molar-refractivity contribution in [1.82, 2.24) is 5.43 Å². The standard InChI is InChI=1S/C16H16N2O3/c19-14-8-4-7-13(16(14)21)11-17-18-15(20)10-9-12-5-2-1-3-6-12/h1-8,11,19,21H,9-10H2,(H,18,20)/b17-11+. The molecule has 0 saturated heterocycles. The van der Waals surface area contributed by atoms with Gasteiger partial charge in [-0.1, -0.05) is 36.4 Å². The average molecular weight is 284 g/mol. The van der Waals surface area contributed by atoms with E-state index >= 15 is 0 Å². The molecule has 2 aromatic rings. The summed E-state index contributed by atoms with van der Waals surface area (Å²) >= 11 is 0. The minimum Gasteiger partial charge on any atom is -0.504 e. The van der Waals surface area contributed by atoms with Crippen molar-refractivity contribution >= 4 is 12.1 Å². The molecule has 0 aliphatic heterocycles. The summed E-state index contributed by atoms with van der Waals surface area (Å²) in [5.74, 6) is -0.705. The van der Waals surface area contributed by atoms with Gasteiger partial charge in [-0.3, -0.25) is 4.79 Å². The first-order chi connectivity index (χ1) is 10.2. The van der Waals surface area contributed by atoms with Crippen molar-refractivity contribution in [3.63, 3.8) is 0 Å². The van der Waals surface area contributed by atoms with Crippen LogP contribution in [0.4, 0.5) is 0 Å². The van der Waals surface area contributed by atoms with E-state index in [1.165, 1.54) is 12.3 Å². The maximum absolute atomic E-state index is 11.6. The van der Waals surface area contributed by atoms with Crippen LogP contribution in [-0.2, 0) is 11.2 Å². The van der Waals surface area contributed by atoms with E-state index in [9.17, 15) is 15.0 Å². The maximum Gasteiger partial charge on any atom is 0.240 e. The second-order valence-corrected chi connectivity index (χ2v) is 4.49. The molecule has 0 fully saturated rings. The number of hydrogen-bond donors (Lipinski definition) is 3. The number of phenolic OH excluding ortho intramolecular Hbond substituents is 2. The van der Waals surface area contributed by atoms with E-state index < -0.39 is 0 Å². The molecule has 108 valence electrons. The number of nitrogens with one attached hydrogen (secondary N) is 1. The summed E-state index contributed by atoms with van der Waals surface area (Å²) < 4.78 is 0. The Kier molecular flexibility index (Phi) is 4.93. The molecule has 0 atom stereocenters. The fourth-order valence-electron chi connectivity index (χ4n) is 1.79. The first kappa shape index (κ1) is 14.6. The molecule has 0 spiro atoms. The number of aryl methyl sites for hydroxylation is 1. The minimum atomic E-state index is -0.264. The molecule has 3 N–H and O–H groups in total. The topological polar surface area (TPSA) is 81.9 Å². The monoisotopic (exact) mass is 284 g/mol. The molecule has 0 aliphatic carbocycles. The number of aromatic hydroxyl groups is 2. The number of rotatable bonds is 5. The lowest BCUT2D eigenvalue weighted by Crippen LogP contribution is -2.17. The van der Waals surface area contributed by atoms with Gasteiger partial charge in [0.25, 0.3) is 0 Å². The summed E-state index contributed by atoms with van der Waals surface area (Å²) in [6, 6.07) is 14.2. The van der Waals surface area contributed by atoms with Crippen LogP contribution >= 0.6 is 0 Å². The maximum atomic E-state index is 11.6. The van der Waals surface area contributed by atoms with Crippen LogP contribution in [0.1, 0.15) is 17.5 Å². The molecule has 0 heterocycles. The van der Waals surface area contributed by atoms with Crippen molar-refractivity contribution in [3.05, 3.63) is 59.7 Å². The Bertz CT molecular complexity index is 639. The van der Waals surface area contributed by atoms with Crippen LogP contribution in [0, 0.1) is 0 Å². The Hall–Kier alpha value is -2.82. The quantitative estimate of drug-likeness (QED) is 0.447. The molecular weight excluding hydrogens is 268 g/mol. The zero-order chi connectivity index (χ0) is 15.1. The molecule has 2 rings (SSSR count). The van der Waals surface area contributed by atoms with Gasteiger partial charge in [0.1, 0.15) is 0 Å². The smallest absolute Gasteiger partial charge is 0.240 e. The Morgan fingerprint density at radius 3 is 2.62 bits per heavy atom. The molecule has 21 heavy (non-hydrogen) atoms. The molecule has 5 nitrogen and oxygen atoms in total. The normalized spacial score (nSPS) is 10.7. The van der Waals surface area contributed by atoms with Crippen LogP contribution in [0.2, 0.25) is 0 Å². The number of carbonyl (C=O) groups excluding carboxylic acids is 1.